The van der Waals surface area contributed by atoms with Crippen LogP contribution in [0.4, 0.5) is 4.79 Å². The summed E-state index contributed by atoms with van der Waals surface area (Å²) in [6.07, 6.45) is -0.970. The lowest BCUT2D eigenvalue weighted by Crippen LogP contribution is -2.30. The van der Waals surface area contributed by atoms with Crippen molar-refractivity contribution in [3.05, 3.63) is 88.7 Å². The molecular weight excluding hydrogens is 434 g/mol. The van der Waals surface area contributed by atoms with Gasteiger partial charge in [-0.2, -0.15) is 0 Å². The molecule has 1 aliphatic rings. The summed E-state index contributed by atoms with van der Waals surface area (Å²) in [7, 11) is 0. The lowest BCUT2D eigenvalue weighted by Gasteiger charge is -2.14. The first-order chi connectivity index (χ1) is 16.3. The summed E-state index contributed by atoms with van der Waals surface area (Å²) in [5, 5.41) is 2.46. The van der Waals surface area contributed by atoms with Crippen molar-refractivity contribution in [3.8, 4) is 5.69 Å². The van der Waals surface area contributed by atoms with Gasteiger partial charge in [0.1, 0.15) is 0 Å². The number of para-hydroxylation sites is 1. The third-order valence-electron chi connectivity index (χ3n) is 5.83. The number of esters is 1. The van der Waals surface area contributed by atoms with Crippen molar-refractivity contribution >= 4 is 23.7 Å². The topological polar surface area (TPSA) is 97.7 Å². The van der Waals surface area contributed by atoms with E-state index in [1.807, 2.05) is 48.7 Å². The van der Waals surface area contributed by atoms with Crippen molar-refractivity contribution in [1.82, 2.24) is 14.8 Å². The Morgan fingerprint density at radius 3 is 2.32 bits per heavy atom. The summed E-state index contributed by atoms with van der Waals surface area (Å²) < 4.78 is 7.44. The minimum atomic E-state index is -0.970. The molecule has 0 radical (unpaired) electrons. The van der Waals surface area contributed by atoms with Crippen LogP contribution in [0.15, 0.2) is 60.7 Å². The van der Waals surface area contributed by atoms with Crippen LogP contribution in [0.3, 0.4) is 0 Å². The average Bonchev–Trinajstić information content (AvgIpc) is 3.31. The molecule has 174 valence electrons. The molecule has 1 saturated heterocycles. The SMILES string of the molecule is Cc1cc(C(=O)[C@H](C)OC(=O)c2ccc(CN3C(=O)CNC3=O)cc2)c(C)n1-c1ccccc1. The van der Waals surface area contributed by atoms with Crippen LogP contribution in [0, 0.1) is 13.8 Å². The number of benzene rings is 2. The number of ether oxygens (including phenoxy) is 1. The van der Waals surface area contributed by atoms with E-state index in [9.17, 15) is 19.2 Å². The van der Waals surface area contributed by atoms with Crippen molar-refractivity contribution in [2.75, 3.05) is 6.54 Å². The zero-order chi connectivity index (χ0) is 24.4. The maximum Gasteiger partial charge on any atom is 0.338 e. The normalized spacial score (nSPS) is 14.1. The van der Waals surface area contributed by atoms with Crippen LogP contribution in [0.1, 0.15) is 44.6 Å². The second kappa shape index (κ2) is 9.35. The number of ketones is 1. The van der Waals surface area contributed by atoms with E-state index in [0.717, 1.165) is 22.0 Å². The van der Waals surface area contributed by atoms with Gasteiger partial charge in [-0.1, -0.05) is 30.3 Å². The van der Waals surface area contributed by atoms with Gasteiger partial charge in [0.15, 0.2) is 6.10 Å². The summed E-state index contributed by atoms with van der Waals surface area (Å²) in [5.41, 5.74) is 4.11. The number of hydrogen-bond donors (Lipinski definition) is 1. The molecule has 3 amide bonds. The van der Waals surface area contributed by atoms with Gasteiger partial charge in [-0.3, -0.25) is 14.5 Å². The Labute approximate surface area is 197 Å². The van der Waals surface area contributed by atoms with E-state index < -0.39 is 18.1 Å². The molecule has 0 spiro atoms. The molecule has 2 aromatic carbocycles. The van der Waals surface area contributed by atoms with Gasteiger partial charge in [-0.25, -0.2) is 9.59 Å². The van der Waals surface area contributed by atoms with Gasteiger partial charge in [0, 0.05) is 22.6 Å². The molecule has 1 atom stereocenters. The highest BCUT2D eigenvalue weighted by Gasteiger charge is 2.28. The number of urea groups is 1. The zero-order valence-corrected chi connectivity index (χ0v) is 19.2. The summed E-state index contributed by atoms with van der Waals surface area (Å²) in [6.45, 7) is 5.45. The molecule has 1 fully saturated rings. The fourth-order valence-corrected chi connectivity index (χ4v) is 4.03. The fraction of sp³-hybridized carbons (Fsp3) is 0.231. The first-order valence-electron chi connectivity index (χ1n) is 10.9. The Hall–Kier alpha value is -4.20. The first kappa shape index (κ1) is 23.0. The molecule has 1 N–H and O–H groups in total. The molecule has 3 aromatic rings. The van der Waals surface area contributed by atoms with E-state index in [1.165, 1.54) is 0 Å². The molecule has 1 aromatic heterocycles. The quantitative estimate of drug-likeness (QED) is 0.331. The van der Waals surface area contributed by atoms with Crippen LogP contribution in [0.5, 0.6) is 0 Å². The number of hydrogen-bond acceptors (Lipinski definition) is 5. The second-order valence-corrected chi connectivity index (χ2v) is 8.20. The zero-order valence-electron chi connectivity index (χ0n) is 19.2. The lowest BCUT2D eigenvalue weighted by atomic mass is 10.1. The van der Waals surface area contributed by atoms with Crippen LogP contribution in [-0.2, 0) is 16.1 Å². The van der Waals surface area contributed by atoms with Gasteiger partial charge in [0.05, 0.1) is 18.7 Å². The van der Waals surface area contributed by atoms with Crippen molar-refractivity contribution < 1.29 is 23.9 Å². The third-order valence-corrected chi connectivity index (χ3v) is 5.83. The molecule has 8 heteroatoms. The van der Waals surface area contributed by atoms with Gasteiger partial charge in [0.25, 0.3) is 0 Å². The molecule has 0 bridgehead atoms. The van der Waals surface area contributed by atoms with Gasteiger partial charge in [0.2, 0.25) is 11.7 Å². The monoisotopic (exact) mass is 459 g/mol. The maximum atomic E-state index is 13.1. The van der Waals surface area contributed by atoms with Crippen LogP contribution in [0.2, 0.25) is 0 Å². The molecule has 2 heterocycles. The van der Waals surface area contributed by atoms with Gasteiger partial charge < -0.3 is 14.6 Å². The molecule has 0 unspecified atom stereocenters. The number of nitrogens with zero attached hydrogens (tertiary/aromatic N) is 2. The number of rotatable bonds is 7. The summed E-state index contributed by atoms with van der Waals surface area (Å²) >= 11 is 0. The van der Waals surface area contributed by atoms with E-state index in [4.69, 9.17) is 4.74 Å². The van der Waals surface area contributed by atoms with Gasteiger partial charge in [-0.15, -0.1) is 0 Å². The number of carbonyl (C=O) groups excluding carboxylic acids is 4. The van der Waals surface area contributed by atoms with Gasteiger partial charge in [-0.05, 0) is 56.7 Å². The Morgan fingerprint density at radius 2 is 1.71 bits per heavy atom. The molecule has 34 heavy (non-hydrogen) atoms. The minimum absolute atomic E-state index is 0.0110. The Kier molecular flexibility index (Phi) is 6.32. The smallest absolute Gasteiger partial charge is 0.338 e. The first-order valence-corrected chi connectivity index (χ1v) is 10.9. The molecule has 1 aliphatic heterocycles. The molecule has 0 aliphatic carbocycles. The lowest BCUT2D eigenvalue weighted by molar-refractivity contribution is -0.125. The number of aromatic nitrogens is 1. The predicted molar refractivity (Wildman–Crippen MR) is 125 cm³/mol. The number of Topliss-reactive ketones (excluding diaryl/α,β-unsaturated/α-hetero) is 1. The van der Waals surface area contributed by atoms with E-state index in [2.05, 4.69) is 5.32 Å². The molecular formula is C26H25N3O5. The Morgan fingerprint density at radius 1 is 1.03 bits per heavy atom. The van der Waals surface area contributed by atoms with E-state index in [1.54, 1.807) is 37.3 Å². The van der Waals surface area contributed by atoms with E-state index >= 15 is 0 Å². The second-order valence-electron chi connectivity index (χ2n) is 8.20. The van der Waals surface area contributed by atoms with Crippen LogP contribution >= 0.6 is 0 Å². The highest BCUT2D eigenvalue weighted by molar-refractivity contribution is 6.03. The van der Waals surface area contributed by atoms with Crippen molar-refractivity contribution in [3.63, 3.8) is 0 Å². The number of carbonyl (C=O) groups is 4. The molecule has 8 nitrogen and oxygen atoms in total. The summed E-state index contributed by atoms with van der Waals surface area (Å²) in [6, 6.07) is 17.5. The summed E-state index contributed by atoms with van der Waals surface area (Å²) in [4.78, 5) is 50.2. The van der Waals surface area contributed by atoms with Crippen LogP contribution in [-0.4, -0.2) is 45.8 Å². The van der Waals surface area contributed by atoms with Crippen LogP contribution < -0.4 is 5.32 Å². The summed E-state index contributed by atoms with van der Waals surface area (Å²) in [5.74, 6) is -1.20. The van der Waals surface area contributed by atoms with Crippen LogP contribution in [0.25, 0.3) is 5.69 Å². The maximum absolute atomic E-state index is 13.1. The van der Waals surface area contributed by atoms with E-state index in [0.29, 0.717) is 11.1 Å². The number of imide groups is 1. The van der Waals surface area contributed by atoms with Crippen molar-refractivity contribution in [1.29, 1.82) is 0 Å². The Balaban J connectivity index is 1.43. The molecule has 0 saturated carbocycles. The minimum Gasteiger partial charge on any atom is -0.451 e. The van der Waals surface area contributed by atoms with Crippen molar-refractivity contribution in [2.45, 2.75) is 33.4 Å². The van der Waals surface area contributed by atoms with Crippen molar-refractivity contribution in [2.24, 2.45) is 0 Å². The number of aryl methyl sites for hydroxylation is 1. The standard InChI is InChI=1S/C26H25N3O5/c1-16-13-22(17(2)29(16)21-7-5-4-6-8-21)24(31)18(3)34-25(32)20-11-9-19(10-12-20)15-28-23(30)14-27-26(28)33/h4-13,18H,14-15H2,1-3H3,(H,27,33)/t18-/m0/s1. The predicted octanol–water partition coefficient (Wildman–Crippen LogP) is 3.57. The number of nitrogens with one attached hydrogen (secondary N) is 1. The average molecular weight is 460 g/mol. The highest BCUT2D eigenvalue weighted by atomic mass is 16.5. The molecule has 4 rings (SSSR count). The van der Waals surface area contributed by atoms with Gasteiger partial charge >= 0.3 is 12.0 Å². The third kappa shape index (κ3) is 4.47. The van der Waals surface area contributed by atoms with E-state index in [-0.39, 0.29) is 30.3 Å². The highest BCUT2D eigenvalue weighted by Crippen LogP contribution is 2.23. The fourth-order valence-electron chi connectivity index (χ4n) is 4.03. The Bertz CT molecular complexity index is 1250. The number of amides is 3. The largest absolute Gasteiger partial charge is 0.451 e.